The fourth-order valence-electron chi connectivity index (χ4n) is 3.91. The van der Waals surface area contributed by atoms with Gasteiger partial charge in [-0.2, -0.15) is 13.2 Å². The maximum absolute atomic E-state index is 13.1. The van der Waals surface area contributed by atoms with E-state index < -0.39 is 18.3 Å². The molecule has 3 aromatic rings. The molecule has 158 valence electrons. The average molecular weight is 417 g/mol. The third-order valence-electron chi connectivity index (χ3n) is 5.40. The molecule has 2 aromatic heterocycles. The molecule has 0 radical (unpaired) electrons. The Labute approximate surface area is 171 Å². The number of hydrogen-bond donors (Lipinski definition) is 2. The maximum atomic E-state index is 13.1. The van der Waals surface area contributed by atoms with E-state index in [9.17, 15) is 18.3 Å². The van der Waals surface area contributed by atoms with Crippen LogP contribution in [0.3, 0.4) is 0 Å². The number of nitrogens with one attached hydrogen (secondary N) is 1. The fraction of sp³-hybridized carbons (Fsp3) is 0.381. The molecule has 0 spiro atoms. The van der Waals surface area contributed by atoms with Crippen molar-refractivity contribution in [1.29, 1.82) is 0 Å². The number of aliphatic hydroxyl groups excluding tert-OH is 1. The second kappa shape index (κ2) is 8.16. The lowest BCUT2D eigenvalue weighted by Gasteiger charge is -2.30. The normalized spacial score (nSPS) is 18.0. The van der Waals surface area contributed by atoms with E-state index in [0.29, 0.717) is 22.5 Å². The number of anilines is 1. The molecule has 30 heavy (non-hydrogen) atoms. The molecule has 1 saturated heterocycles. The highest BCUT2D eigenvalue weighted by Crippen LogP contribution is 2.36. The van der Waals surface area contributed by atoms with Crippen LogP contribution in [0.2, 0.25) is 0 Å². The number of likely N-dealkylation sites (tertiary alicyclic amines) is 1. The summed E-state index contributed by atoms with van der Waals surface area (Å²) in [5, 5.41) is 23.2. The van der Waals surface area contributed by atoms with E-state index in [-0.39, 0.29) is 11.6 Å². The lowest BCUT2D eigenvalue weighted by atomic mass is 9.98. The number of alkyl halides is 3. The molecule has 4 rings (SSSR count). The minimum absolute atomic E-state index is 0.145. The Morgan fingerprint density at radius 1 is 1.20 bits per heavy atom. The zero-order valence-corrected chi connectivity index (χ0v) is 16.4. The van der Waals surface area contributed by atoms with Crippen molar-refractivity contribution in [2.45, 2.75) is 31.7 Å². The highest BCUT2D eigenvalue weighted by molar-refractivity contribution is 6.00. The quantitative estimate of drug-likeness (QED) is 0.674. The summed E-state index contributed by atoms with van der Waals surface area (Å²) in [6, 6.07) is 5.27. The van der Waals surface area contributed by atoms with Gasteiger partial charge >= 0.3 is 6.18 Å². The van der Waals surface area contributed by atoms with Gasteiger partial charge in [-0.1, -0.05) is 6.07 Å². The molecule has 1 aliphatic heterocycles. The summed E-state index contributed by atoms with van der Waals surface area (Å²) in [5.74, 6) is 0.597. The second-order valence-electron chi connectivity index (χ2n) is 7.59. The molecule has 6 nitrogen and oxygen atoms in total. The number of aliphatic hydroxyl groups is 1. The van der Waals surface area contributed by atoms with Crippen molar-refractivity contribution in [2.75, 3.05) is 25.5 Å². The van der Waals surface area contributed by atoms with Crippen molar-refractivity contribution in [3.05, 3.63) is 47.8 Å². The zero-order valence-electron chi connectivity index (χ0n) is 16.4. The molecule has 1 fully saturated rings. The van der Waals surface area contributed by atoms with Gasteiger partial charge in [0.05, 0.1) is 12.2 Å². The molecule has 1 aliphatic rings. The van der Waals surface area contributed by atoms with Gasteiger partial charge in [-0.05, 0) is 50.2 Å². The van der Waals surface area contributed by atoms with E-state index in [2.05, 4.69) is 32.4 Å². The number of aromatic nitrogens is 3. The summed E-state index contributed by atoms with van der Waals surface area (Å²) in [5.41, 5.74) is 0.162. The van der Waals surface area contributed by atoms with Crippen LogP contribution < -0.4 is 5.32 Å². The van der Waals surface area contributed by atoms with E-state index >= 15 is 0 Å². The smallest absolute Gasteiger partial charge is 0.392 e. The first-order chi connectivity index (χ1) is 14.4. The van der Waals surface area contributed by atoms with Gasteiger partial charge in [0, 0.05) is 41.3 Å². The Hall–Kier alpha value is -2.78. The summed E-state index contributed by atoms with van der Waals surface area (Å²) in [7, 11) is 2.07. The number of pyridine rings is 1. The number of nitrogens with zero attached hydrogens (tertiary/aromatic N) is 4. The number of benzene rings is 1. The summed E-state index contributed by atoms with van der Waals surface area (Å²) in [4.78, 5) is 6.44. The third kappa shape index (κ3) is 4.08. The molecule has 3 heterocycles. The van der Waals surface area contributed by atoms with Crippen LogP contribution in [-0.2, 0) is 12.8 Å². The topological polar surface area (TPSA) is 74.2 Å². The van der Waals surface area contributed by atoms with Gasteiger partial charge in [-0.15, -0.1) is 10.2 Å². The molecular weight excluding hydrogens is 395 g/mol. The monoisotopic (exact) mass is 417 g/mol. The number of rotatable bonds is 4. The molecule has 1 aromatic carbocycles. The van der Waals surface area contributed by atoms with E-state index in [1.807, 2.05) is 0 Å². The van der Waals surface area contributed by atoms with Gasteiger partial charge in [-0.3, -0.25) is 4.98 Å². The van der Waals surface area contributed by atoms with Crippen LogP contribution in [0.1, 0.15) is 24.0 Å². The largest absolute Gasteiger partial charge is 0.416 e. The standard InChI is InChI=1S/C21H22F3N5O/c1-29-8-2-3-15(11-29)26-20-18-10-25-7-6-17(18)19(27-28-20)16-5-4-14(21(22,23)24)9-13(16)12-30/h4-7,9-10,15,30H,2-3,8,11-12H2,1H3,(H,26,28)/t15-/m1/s1. The summed E-state index contributed by atoms with van der Waals surface area (Å²) < 4.78 is 39.2. The Balaban J connectivity index is 1.76. The molecule has 2 N–H and O–H groups in total. The van der Waals surface area contributed by atoms with Gasteiger partial charge in [-0.25, -0.2) is 0 Å². The molecule has 0 amide bonds. The molecular formula is C21H22F3N5O. The zero-order chi connectivity index (χ0) is 21.3. The van der Waals surface area contributed by atoms with E-state index in [1.54, 1.807) is 18.5 Å². The Bertz CT molecular complexity index is 1060. The van der Waals surface area contributed by atoms with Crippen LogP contribution in [0, 0.1) is 0 Å². The number of hydrogen-bond acceptors (Lipinski definition) is 6. The third-order valence-corrected chi connectivity index (χ3v) is 5.40. The second-order valence-corrected chi connectivity index (χ2v) is 7.59. The highest BCUT2D eigenvalue weighted by Gasteiger charge is 2.31. The predicted molar refractivity (Wildman–Crippen MR) is 108 cm³/mol. The van der Waals surface area contributed by atoms with Crippen molar-refractivity contribution in [3.63, 3.8) is 0 Å². The highest BCUT2D eigenvalue weighted by atomic mass is 19.4. The van der Waals surface area contributed by atoms with Crippen molar-refractivity contribution in [2.24, 2.45) is 0 Å². The predicted octanol–water partition coefficient (Wildman–Crippen LogP) is 3.71. The SMILES string of the molecule is CN1CCC[C@@H](Nc2nnc(-c3ccc(C(F)(F)F)cc3CO)c3ccncc23)C1. The first-order valence-electron chi connectivity index (χ1n) is 9.73. The maximum Gasteiger partial charge on any atom is 0.416 e. The van der Waals surface area contributed by atoms with Crippen molar-refractivity contribution >= 4 is 16.6 Å². The molecule has 1 atom stereocenters. The molecule has 0 bridgehead atoms. The first kappa shape index (κ1) is 20.5. The fourth-order valence-corrected chi connectivity index (χ4v) is 3.91. The van der Waals surface area contributed by atoms with Crippen molar-refractivity contribution in [3.8, 4) is 11.3 Å². The number of halogens is 3. The van der Waals surface area contributed by atoms with Crippen LogP contribution in [0.5, 0.6) is 0 Å². The first-order valence-corrected chi connectivity index (χ1v) is 9.73. The number of likely N-dealkylation sites (N-methyl/N-ethyl adjacent to an activating group) is 1. The lowest BCUT2D eigenvalue weighted by molar-refractivity contribution is -0.137. The van der Waals surface area contributed by atoms with Crippen LogP contribution in [0.4, 0.5) is 19.0 Å². The van der Waals surface area contributed by atoms with Crippen LogP contribution in [-0.4, -0.2) is 51.4 Å². The van der Waals surface area contributed by atoms with Gasteiger partial charge < -0.3 is 15.3 Å². The summed E-state index contributed by atoms with van der Waals surface area (Å²) in [6.45, 7) is 1.41. The lowest BCUT2D eigenvalue weighted by Crippen LogP contribution is -2.40. The minimum Gasteiger partial charge on any atom is -0.392 e. The van der Waals surface area contributed by atoms with Crippen LogP contribution in [0.15, 0.2) is 36.7 Å². The van der Waals surface area contributed by atoms with Crippen LogP contribution >= 0.6 is 0 Å². The van der Waals surface area contributed by atoms with Crippen molar-refractivity contribution in [1.82, 2.24) is 20.1 Å². The number of piperidine rings is 1. The number of fused-ring (bicyclic) bond motifs is 1. The summed E-state index contributed by atoms with van der Waals surface area (Å²) >= 11 is 0. The van der Waals surface area contributed by atoms with E-state index in [4.69, 9.17) is 0 Å². The van der Waals surface area contributed by atoms with Crippen molar-refractivity contribution < 1.29 is 18.3 Å². The molecule has 0 unspecified atom stereocenters. The van der Waals surface area contributed by atoms with E-state index in [1.165, 1.54) is 6.07 Å². The Kier molecular flexibility index (Phi) is 5.57. The Morgan fingerprint density at radius 2 is 2.03 bits per heavy atom. The Morgan fingerprint density at radius 3 is 2.77 bits per heavy atom. The van der Waals surface area contributed by atoms with Gasteiger partial charge in [0.2, 0.25) is 0 Å². The average Bonchev–Trinajstić information content (AvgIpc) is 2.73. The van der Waals surface area contributed by atoms with Crippen LogP contribution in [0.25, 0.3) is 22.0 Å². The molecule has 9 heteroatoms. The summed E-state index contributed by atoms with van der Waals surface area (Å²) in [6.07, 6.45) is 0.894. The van der Waals surface area contributed by atoms with E-state index in [0.717, 1.165) is 43.5 Å². The van der Waals surface area contributed by atoms with Gasteiger partial charge in [0.15, 0.2) is 5.82 Å². The molecule has 0 saturated carbocycles. The van der Waals surface area contributed by atoms with Gasteiger partial charge in [0.1, 0.15) is 5.69 Å². The molecule has 0 aliphatic carbocycles. The van der Waals surface area contributed by atoms with Gasteiger partial charge in [0.25, 0.3) is 0 Å². The minimum atomic E-state index is -4.49.